The second kappa shape index (κ2) is 6.34. The molecule has 1 N–H and O–H groups in total. The van der Waals surface area contributed by atoms with Crippen molar-refractivity contribution >= 4 is 16.9 Å². The van der Waals surface area contributed by atoms with Crippen LogP contribution in [0.1, 0.15) is 30.5 Å². The Balaban J connectivity index is 1.67. The van der Waals surface area contributed by atoms with E-state index in [0.29, 0.717) is 12.5 Å². The van der Waals surface area contributed by atoms with Crippen molar-refractivity contribution in [2.75, 3.05) is 6.61 Å². The number of allylic oxidation sites excluding steroid dienone is 2. The van der Waals surface area contributed by atoms with E-state index in [9.17, 15) is 9.18 Å². The summed E-state index contributed by atoms with van der Waals surface area (Å²) >= 11 is 0. The number of carbonyl (C=O) groups excluding carboxylic acids is 1. The van der Waals surface area contributed by atoms with Crippen molar-refractivity contribution < 1.29 is 13.9 Å². The van der Waals surface area contributed by atoms with Crippen molar-refractivity contribution in [3.8, 4) is 0 Å². The molecule has 0 saturated carbocycles. The molecular weight excluding hydrogens is 281 g/mol. The summed E-state index contributed by atoms with van der Waals surface area (Å²) in [6.07, 6.45) is 7.60. The van der Waals surface area contributed by atoms with Crippen molar-refractivity contribution in [2.45, 2.75) is 32.6 Å². The zero-order valence-electron chi connectivity index (χ0n) is 12.7. The van der Waals surface area contributed by atoms with Gasteiger partial charge < -0.3 is 9.72 Å². The van der Waals surface area contributed by atoms with E-state index in [1.54, 1.807) is 6.07 Å². The normalized spacial score (nSPS) is 17.8. The summed E-state index contributed by atoms with van der Waals surface area (Å²) in [5, 5.41) is 0.759. The number of hydrogen-bond acceptors (Lipinski definition) is 2. The zero-order valence-corrected chi connectivity index (χ0v) is 12.7. The average Bonchev–Trinajstić information content (AvgIpc) is 2.82. The van der Waals surface area contributed by atoms with Gasteiger partial charge in [-0.25, -0.2) is 4.39 Å². The molecule has 1 unspecified atom stereocenters. The highest BCUT2D eigenvalue weighted by Crippen LogP contribution is 2.24. The number of ether oxygens (including phenoxy) is 1. The lowest BCUT2D eigenvalue weighted by Crippen LogP contribution is -2.16. The number of fused-ring (bicyclic) bond motifs is 1. The largest absolute Gasteiger partial charge is 0.465 e. The van der Waals surface area contributed by atoms with E-state index in [0.717, 1.165) is 41.4 Å². The molecule has 2 aromatic rings. The number of esters is 1. The van der Waals surface area contributed by atoms with Gasteiger partial charge in [0.15, 0.2) is 0 Å². The Morgan fingerprint density at radius 3 is 3.05 bits per heavy atom. The number of aromatic nitrogens is 1. The average molecular weight is 301 g/mol. The van der Waals surface area contributed by atoms with Crippen molar-refractivity contribution in [2.24, 2.45) is 5.92 Å². The van der Waals surface area contributed by atoms with Crippen LogP contribution in [0, 0.1) is 18.7 Å². The van der Waals surface area contributed by atoms with Crippen LogP contribution in [0.4, 0.5) is 4.39 Å². The Labute approximate surface area is 129 Å². The van der Waals surface area contributed by atoms with Crippen LogP contribution in [0.5, 0.6) is 0 Å². The van der Waals surface area contributed by atoms with Gasteiger partial charge in [0.05, 0.1) is 13.0 Å². The number of halogens is 1. The molecule has 4 heteroatoms. The number of carbonyl (C=O) groups is 1. The van der Waals surface area contributed by atoms with Gasteiger partial charge in [0.25, 0.3) is 0 Å². The molecule has 3 nitrogen and oxygen atoms in total. The van der Waals surface area contributed by atoms with Gasteiger partial charge in [-0.15, -0.1) is 0 Å². The minimum absolute atomic E-state index is 0.178. The lowest BCUT2D eigenvalue weighted by molar-refractivity contribution is -0.144. The summed E-state index contributed by atoms with van der Waals surface area (Å²) in [4.78, 5) is 15.3. The van der Waals surface area contributed by atoms with E-state index in [1.807, 2.05) is 6.92 Å². The van der Waals surface area contributed by atoms with Crippen LogP contribution in [0.15, 0.2) is 30.4 Å². The molecule has 0 radical (unpaired) electrons. The molecule has 3 rings (SSSR count). The number of aromatic amines is 1. The van der Waals surface area contributed by atoms with Crippen LogP contribution in [-0.4, -0.2) is 17.6 Å². The molecule has 1 aromatic carbocycles. The van der Waals surface area contributed by atoms with Crippen LogP contribution < -0.4 is 0 Å². The smallest absolute Gasteiger partial charge is 0.310 e. The number of hydrogen-bond donors (Lipinski definition) is 1. The van der Waals surface area contributed by atoms with Crippen molar-refractivity contribution in [3.63, 3.8) is 0 Å². The maximum atomic E-state index is 13.4. The third kappa shape index (κ3) is 3.21. The van der Waals surface area contributed by atoms with Crippen molar-refractivity contribution in [1.82, 2.24) is 4.98 Å². The van der Waals surface area contributed by atoms with Crippen LogP contribution >= 0.6 is 0 Å². The summed E-state index contributed by atoms with van der Waals surface area (Å²) in [6, 6.07) is 4.57. The van der Waals surface area contributed by atoms with Gasteiger partial charge >= 0.3 is 5.97 Å². The Bertz CT molecular complexity index is 717. The lowest BCUT2D eigenvalue weighted by Gasteiger charge is -2.17. The topological polar surface area (TPSA) is 42.1 Å². The Hall–Kier alpha value is -2.10. The van der Waals surface area contributed by atoms with Crippen LogP contribution in [-0.2, 0) is 16.0 Å². The van der Waals surface area contributed by atoms with Crippen molar-refractivity contribution in [1.29, 1.82) is 0 Å². The Morgan fingerprint density at radius 1 is 1.41 bits per heavy atom. The van der Waals surface area contributed by atoms with E-state index in [-0.39, 0.29) is 18.2 Å². The van der Waals surface area contributed by atoms with Gasteiger partial charge in [0.2, 0.25) is 0 Å². The highest BCUT2D eigenvalue weighted by Gasteiger charge is 2.16. The molecular formula is C18H20FNO2. The van der Waals surface area contributed by atoms with E-state index in [2.05, 4.69) is 17.1 Å². The van der Waals surface area contributed by atoms with Crippen LogP contribution in [0.2, 0.25) is 0 Å². The number of H-pyrrole nitrogens is 1. The molecule has 0 fully saturated rings. The van der Waals surface area contributed by atoms with Gasteiger partial charge in [0, 0.05) is 16.6 Å². The second-order valence-corrected chi connectivity index (χ2v) is 5.93. The molecule has 0 spiro atoms. The monoisotopic (exact) mass is 301 g/mol. The molecule has 1 heterocycles. The molecule has 1 atom stereocenters. The third-order valence-electron chi connectivity index (χ3n) is 4.26. The minimum Gasteiger partial charge on any atom is -0.465 e. The number of benzene rings is 1. The molecule has 1 aliphatic carbocycles. The highest BCUT2D eigenvalue weighted by atomic mass is 19.1. The zero-order chi connectivity index (χ0) is 15.5. The standard InChI is InChI=1S/C18H20FNO2/c1-12-15(16-9-14(19)7-8-17(16)20-12)10-18(21)22-11-13-5-3-2-4-6-13/h2-3,7-9,13,20H,4-6,10-11H2,1H3. The van der Waals surface area contributed by atoms with Gasteiger partial charge in [-0.1, -0.05) is 12.2 Å². The molecule has 0 saturated heterocycles. The molecule has 22 heavy (non-hydrogen) atoms. The number of rotatable bonds is 4. The molecule has 1 aliphatic rings. The molecule has 116 valence electrons. The quantitative estimate of drug-likeness (QED) is 0.683. The first-order valence-electron chi connectivity index (χ1n) is 7.71. The third-order valence-corrected chi connectivity index (χ3v) is 4.26. The van der Waals surface area contributed by atoms with Gasteiger partial charge in [0.1, 0.15) is 5.82 Å². The van der Waals surface area contributed by atoms with E-state index in [4.69, 9.17) is 4.74 Å². The fourth-order valence-electron chi connectivity index (χ4n) is 3.00. The summed E-state index contributed by atoms with van der Waals surface area (Å²) in [5.41, 5.74) is 2.56. The minimum atomic E-state index is -0.296. The fraction of sp³-hybridized carbons (Fsp3) is 0.389. The predicted molar refractivity (Wildman–Crippen MR) is 84.1 cm³/mol. The Morgan fingerprint density at radius 2 is 2.27 bits per heavy atom. The first kappa shape index (κ1) is 14.8. The fourth-order valence-corrected chi connectivity index (χ4v) is 3.00. The molecule has 0 aliphatic heterocycles. The summed E-state index contributed by atoms with van der Waals surface area (Å²) in [5.74, 6) is -0.117. The molecule has 0 bridgehead atoms. The lowest BCUT2D eigenvalue weighted by atomic mass is 9.95. The van der Waals surface area contributed by atoms with Crippen LogP contribution in [0.25, 0.3) is 10.9 Å². The SMILES string of the molecule is Cc1[nH]c2ccc(F)cc2c1CC(=O)OCC1CC=CCC1. The first-order chi connectivity index (χ1) is 10.6. The van der Waals surface area contributed by atoms with Gasteiger partial charge in [-0.2, -0.15) is 0 Å². The van der Waals surface area contributed by atoms with Crippen LogP contribution in [0.3, 0.4) is 0 Å². The van der Waals surface area contributed by atoms with Gasteiger partial charge in [-0.3, -0.25) is 4.79 Å². The summed E-state index contributed by atoms with van der Waals surface area (Å²) < 4.78 is 18.8. The van der Waals surface area contributed by atoms with E-state index < -0.39 is 0 Å². The maximum absolute atomic E-state index is 13.4. The predicted octanol–water partition coefficient (Wildman–Crippen LogP) is 4.06. The first-order valence-corrected chi connectivity index (χ1v) is 7.71. The van der Waals surface area contributed by atoms with E-state index in [1.165, 1.54) is 12.1 Å². The Kier molecular flexibility index (Phi) is 4.27. The number of nitrogens with one attached hydrogen (secondary N) is 1. The second-order valence-electron chi connectivity index (χ2n) is 5.93. The molecule has 1 aromatic heterocycles. The highest BCUT2D eigenvalue weighted by molar-refractivity contribution is 5.88. The maximum Gasteiger partial charge on any atom is 0.310 e. The summed E-state index contributed by atoms with van der Waals surface area (Å²) in [7, 11) is 0. The van der Waals surface area contributed by atoms with Crippen molar-refractivity contribution in [3.05, 3.63) is 47.4 Å². The summed E-state index contributed by atoms with van der Waals surface area (Å²) in [6.45, 7) is 2.37. The van der Waals surface area contributed by atoms with E-state index >= 15 is 0 Å². The van der Waals surface area contributed by atoms with Gasteiger partial charge in [-0.05, 0) is 55.9 Å². The number of aryl methyl sites for hydroxylation is 1. The molecule has 0 amide bonds.